The van der Waals surface area contributed by atoms with Gasteiger partial charge in [0.15, 0.2) is 0 Å². The van der Waals surface area contributed by atoms with Gasteiger partial charge in [-0.1, -0.05) is 20.8 Å². The van der Waals surface area contributed by atoms with E-state index in [0.29, 0.717) is 0 Å². The molecule has 0 saturated carbocycles. The molecular weight excluding hydrogens is 277 g/mol. The molecule has 8 heteroatoms. The lowest BCUT2D eigenvalue weighted by molar-refractivity contribution is -0.188. The molecule has 0 spiro atoms. The van der Waals surface area contributed by atoms with Crippen molar-refractivity contribution >= 4 is 12.0 Å². The van der Waals surface area contributed by atoms with Gasteiger partial charge in [0.2, 0.25) is 0 Å². The number of carbonyl (C=O) groups is 2. The van der Waals surface area contributed by atoms with E-state index < -0.39 is 35.2 Å². The maximum atomic E-state index is 12.6. The fourth-order valence-corrected chi connectivity index (χ4v) is 3.33. The molecule has 0 aliphatic carbocycles. The molecule has 0 aromatic heterocycles. The van der Waals surface area contributed by atoms with E-state index >= 15 is 0 Å². The number of piperazine rings is 1. The number of alkyl halides is 3. The first-order valence-electron chi connectivity index (χ1n) is 6.28. The number of amides is 2. The maximum absolute atomic E-state index is 12.6. The van der Waals surface area contributed by atoms with E-state index in [-0.39, 0.29) is 19.5 Å². The third-order valence-corrected chi connectivity index (χ3v) is 4.49. The predicted octanol–water partition coefficient (Wildman–Crippen LogP) is 1.93. The summed E-state index contributed by atoms with van der Waals surface area (Å²) in [4.78, 5) is 24.7. The Hall–Kier alpha value is -1.47. The van der Waals surface area contributed by atoms with Crippen LogP contribution in [0.5, 0.6) is 0 Å². The minimum atomic E-state index is -4.92. The average molecular weight is 294 g/mol. The van der Waals surface area contributed by atoms with Gasteiger partial charge in [-0.2, -0.15) is 13.2 Å². The third-order valence-electron chi connectivity index (χ3n) is 4.49. The second-order valence-corrected chi connectivity index (χ2v) is 6.46. The quantitative estimate of drug-likeness (QED) is 0.742. The molecule has 0 unspecified atom stereocenters. The van der Waals surface area contributed by atoms with Crippen LogP contribution >= 0.6 is 0 Å². The first-order chi connectivity index (χ1) is 8.90. The van der Waals surface area contributed by atoms with E-state index in [1.807, 2.05) is 0 Å². The SMILES string of the molecule is CC(C)(C)[C@]12C[C@@H](CN1C(=O)O)N(C(=O)C(F)(F)F)C2. The summed E-state index contributed by atoms with van der Waals surface area (Å²) in [6.07, 6.45) is -5.82. The first-order valence-corrected chi connectivity index (χ1v) is 6.28. The van der Waals surface area contributed by atoms with Gasteiger partial charge in [0.05, 0.1) is 11.6 Å². The van der Waals surface area contributed by atoms with Gasteiger partial charge < -0.3 is 10.0 Å². The van der Waals surface area contributed by atoms with Crippen LogP contribution in [-0.2, 0) is 4.79 Å². The van der Waals surface area contributed by atoms with Crippen molar-refractivity contribution in [2.45, 2.75) is 44.9 Å². The second kappa shape index (κ2) is 4.02. The van der Waals surface area contributed by atoms with Crippen molar-refractivity contribution < 1.29 is 27.9 Å². The van der Waals surface area contributed by atoms with Crippen LogP contribution < -0.4 is 0 Å². The van der Waals surface area contributed by atoms with Gasteiger partial charge in [-0.25, -0.2) is 4.79 Å². The van der Waals surface area contributed by atoms with Gasteiger partial charge in [-0.15, -0.1) is 0 Å². The number of hydrogen-bond acceptors (Lipinski definition) is 2. The fourth-order valence-electron chi connectivity index (χ4n) is 3.33. The van der Waals surface area contributed by atoms with Crippen LogP contribution in [0.25, 0.3) is 0 Å². The maximum Gasteiger partial charge on any atom is 0.471 e. The summed E-state index contributed by atoms with van der Waals surface area (Å²) in [6, 6.07) is -0.695. The second-order valence-electron chi connectivity index (χ2n) is 6.46. The summed E-state index contributed by atoms with van der Waals surface area (Å²) in [5.41, 5.74) is -1.51. The molecule has 0 aromatic rings. The Labute approximate surface area is 114 Å². The smallest absolute Gasteiger partial charge is 0.465 e. The van der Waals surface area contributed by atoms with E-state index in [4.69, 9.17) is 0 Å². The zero-order valence-corrected chi connectivity index (χ0v) is 11.5. The zero-order valence-electron chi connectivity index (χ0n) is 11.5. The largest absolute Gasteiger partial charge is 0.471 e. The fraction of sp³-hybridized carbons (Fsp3) is 0.833. The van der Waals surface area contributed by atoms with Gasteiger partial charge in [-0.3, -0.25) is 9.69 Å². The molecule has 5 nitrogen and oxygen atoms in total. The third kappa shape index (κ3) is 1.92. The van der Waals surface area contributed by atoms with Crippen molar-refractivity contribution in [1.82, 2.24) is 9.80 Å². The Morgan fingerprint density at radius 3 is 2.20 bits per heavy atom. The van der Waals surface area contributed by atoms with Gasteiger partial charge in [0, 0.05) is 13.1 Å². The van der Waals surface area contributed by atoms with Crippen molar-refractivity contribution in [2.75, 3.05) is 13.1 Å². The highest BCUT2D eigenvalue weighted by molar-refractivity contribution is 5.83. The number of halogens is 3. The van der Waals surface area contributed by atoms with Gasteiger partial charge in [-0.05, 0) is 11.8 Å². The molecule has 0 radical (unpaired) electrons. The molecule has 2 amide bonds. The molecule has 20 heavy (non-hydrogen) atoms. The summed E-state index contributed by atoms with van der Waals surface area (Å²) < 4.78 is 37.7. The summed E-state index contributed by atoms with van der Waals surface area (Å²) in [5, 5.41) is 9.25. The van der Waals surface area contributed by atoms with Crippen molar-refractivity contribution in [2.24, 2.45) is 5.41 Å². The van der Waals surface area contributed by atoms with Crippen LogP contribution in [0.1, 0.15) is 27.2 Å². The molecule has 2 atom stereocenters. The van der Waals surface area contributed by atoms with Gasteiger partial charge in [0.1, 0.15) is 0 Å². The highest BCUT2D eigenvalue weighted by Crippen LogP contribution is 2.50. The summed E-state index contributed by atoms with van der Waals surface area (Å²) in [6.45, 7) is 5.09. The highest BCUT2D eigenvalue weighted by atomic mass is 19.4. The molecule has 2 fully saturated rings. The van der Waals surface area contributed by atoms with E-state index in [9.17, 15) is 27.9 Å². The molecular formula is C12H17F3N2O3. The highest BCUT2D eigenvalue weighted by Gasteiger charge is 2.64. The van der Waals surface area contributed by atoms with Gasteiger partial charge in [0.25, 0.3) is 0 Å². The van der Waals surface area contributed by atoms with Crippen LogP contribution in [0.3, 0.4) is 0 Å². The van der Waals surface area contributed by atoms with Crippen LogP contribution in [0.2, 0.25) is 0 Å². The Balaban J connectivity index is 2.35. The van der Waals surface area contributed by atoms with Crippen LogP contribution in [0, 0.1) is 5.41 Å². The molecule has 2 bridgehead atoms. The Morgan fingerprint density at radius 1 is 1.25 bits per heavy atom. The normalized spacial score (nSPS) is 30.0. The van der Waals surface area contributed by atoms with Crippen LogP contribution in [0.4, 0.5) is 18.0 Å². The lowest BCUT2D eigenvalue weighted by Gasteiger charge is -2.48. The number of hydrogen-bond donors (Lipinski definition) is 1. The summed E-state index contributed by atoms with van der Waals surface area (Å²) in [7, 11) is 0. The molecule has 2 rings (SSSR count). The number of fused-ring (bicyclic) bond motifs is 2. The van der Waals surface area contributed by atoms with Crippen LogP contribution in [-0.4, -0.2) is 57.8 Å². The van der Waals surface area contributed by atoms with E-state index in [2.05, 4.69) is 0 Å². The van der Waals surface area contributed by atoms with Crippen molar-refractivity contribution in [3.63, 3.8) is 0 Å². The Morgan fingerprint density at radius 2 is 1.80 bits per heavy atom. The van der Waals surface area contributed by atoms with Crippen molar-refractivity contribution in [1.29, 1.82) is 0 Å². The monoisotopic (exact) mass is 294 g/mol. The molecule has 114 valence electrons. The lowest BCUT2D eigenvalue weighted by atomic mass is 9.73. The minimum Gasteiger partial charge on any atom is -0.465 e. The Kier molecular flexibility index (Phi) is 3.00. The standard InChI is InChI=1S/C12H17F3N2O3/c1-10(2,3)11-4-7(5-17(11)9(19)20)16(6-11)8(18)12(13,14)15/h7H,4-6H2,1-3H3,(H,19,20)/t7-,11+/m0/s1. The number of carboxylic acid groups (broad SMARTS) is 1. The summed E-state index contributed by atoms with van der Waals surface area (Å²) >= 11 is 0. The van der Waals surface area contributed by atoms with E-state index in [1.54, 1.807) is 20.8 Å². The van der Waals surface area contributed by atoms with Crippen molar-refractivity contribution in [3.8, 4) is 0 Å². The molecule has 2 aliphatic heterocycles. The topological polar surface area (TPSA) is 60.9 Å². The predicted molar refractivity (Wildman–Crippen MR) is 63.1 cm³/mol. The van der Waals surface area contributed by atoms with Crippen LogP contribution in [0.15, 0.2) is 0 Å². The molecule has 0 aromatic carbocycles. The average Bonchev–Trinajstić information content (AvgIpc) is 2.81. The molecule has 2 heterocycles. The number of likely N-dealkylation sites (tertiary alicyclic amines) is 2. The molecule has 1 N–H and O–H groups in total. The Bertz CT molecular complexity index is 458. The molecule has 2 saturated heterocycles. The van der Waals surface area contributed by atoms with Crippen molar-refractivity contribution in [3.05, 3.63) is 0 Å². The number of nitrogens with zero attached hydrogens (tertiary/aromatic N) is 2. The first kappa shape index (κ1) is 14.9. The minimum absolute atomic E-state index is 0.0611. The number of rotatable bonds is 0. The molecule has 2 aliphatic rings. The number of carbonyl (C=O) groups excluding carboxylic acids is 1. The lowest BCUT2D eigenvalue weighted by Crippen LogP contribution is -2.63. The summed E-state index contributed by atoms with van der Waals surface area (Å²) in [5.74, 6) is -1.88. The van der Waals surface area contributed by atoms with E-state index in [0.717, 1.165) is 4.90 Å². The van der Waals surface area contributed by atoms with Gasteiger partial charge >= 0.3 is 18.2 Å². The van der Waals surface area contributed by atoms with E-state index in [1.165, 1.54) is 4.90 Å². The zero-order chi connectivity index (χ0) is 15.5.